The molecule has 0 aliphatic carbocycles. The Balaban J connectivity index is 2.31. The van der Waals surface area contributed by atoms with Crippen molar-refractivity contribution in [2.75, 3.05) is 5.32 Å². The molecule has 0 aliphatic heterocycles. The van der Waals surface area contributed by atoms with Crippen LogP contribution >= 0.6 is 11.3 Å². The zero-order chi connectivity index (χ0) is 15.5. The van der Waals surface area contributed by atoms with E-state index in [0.717, 1.165) is 11.1 Å². The molecule has 3 nitrogen and oxygen atoms in total. The summed E-state index contributed by atoms with van der Waals surface area (Å²) in [5, 5.41) is 14.4. The van der Waals surface area contributed by atoms with E-state index in [-0.39, 0.29) is 11.6 Å². The highest BCUT2D eigenvalue weighted by Gasteiger charge is 2.34. The molecule has 1 N–H and O–H groups in total. The average Bonchev–Trinajstić information content (AvgIpc) is 2.97. The first-order valence-corrected chi connectivity index (χ1v) is 7.11. The predicted molar refractivity (Wildman–Crippen MR) is 74.9 cm³/mol. The molecule has 1 aromatic carbocycles. The molecule has 2 aromatic rings. The number of nitrogens with one attached hydrogen (secondary N) is 1. The van der Waals surface area contributed by atoms with Crippen LogP contribution in [0.15, 0.2) is 29.8 Å². The highest BCUT2D eigenvalue weighted by atomic mass is 32.1. The van der Waals surface area contributed by atoms with Gasteiger partial charge in [0.15, 0.2) is 0 Å². The van der Waals surface area contributed by atoms with E-state index >= 15 is 0 Å². The topological polar surface area (TPSA) is 48.7 Å². The van der Waals surface area contributed by atoms with Gasteiger partial charge in [-0.3, -0.25) is 0 Å². The first kappa shape index (κ1) is 15.3. The van der Waals surface area contributed by atoms with E-state index in [1.165, 1.54) is 23.5 Å². The Hall–Kier alpha value is -2.07. The fourth-order valence-electron chi connectivity index (χ4n) is 1.91. The summed E-state index contributed by atoms with van der Waals surface area (Å²) in [4.78, 5) is 4.17. The third-order valence-corrected chi connectivity index (χ3v) is 3.83. The van der Waals surface area contributed by atoms with Crippen LogP contribution in [0, 0.1) is 11.3 Å². The molecule has 2 rings (SSSR count). The molecule has 0 aliphatic rings. The van der Waals surface area contributed by atoms with Crippen molar-refractivity contribution in [3.05, 3.63) is 45.9 Å². The molecule has 0 spiro atoms. The smallest absolute Gasteiger partial charge is 0.376 e. The van der Waals surface area contributed by atoms with Crippen LogP contribution in [-0.2, 0) is 6.18 Å². The molecule has 1 aromatic heterocycles. The third kappa shape index (κ3) is 3.52. The third-order valence-electron chi connectivity index (χ3n) is 2.94. The van der Waals surface area contributed by atoms with Crippen LogP contribution in [0.25, 0.3) is 0 Å². The summed E-state index contributed by atoms with van der Waals surface area (Å²) in [6, 6.07) is 5.04. The number of nitrogens with zero attached hydrogens (tertiary/aromatic N) is 2. The molecule has 7 heteroatoms. The predicted octanol–water partition coefficient (Wildman–Crippen LogP) is 4.60. The van der Waals surface area contributed by atoms with Crippen LogP contribution < -0.4 is 5.32 Å². The molecule has 0 saturated heterocycles. The van der Waals surface area contributed by atoms with Gasteiger partial charge in [-0.05, 0) is 24.6 Å². The molecular formula is C14H12F3N3S. The lowest BCUT2D eigenvalue weighted by Gasteiger charge is -2.17. The molecule has 0 saturated carbocycles. The van der Waals surface area contributed by atoms with Crippen molar-refractivity contribution in [1.29, 1.82) is 5.26 Å². The molecule has 0 radical (unpaired) electrons. The van der Waals surface area contributed by atoms with E-state index in [0.29, 0.717) is 12.1 Å². The summed E-state index contributed by atoms with van der Waals surface area (Å²) in [7, 11) is 0. The second kappa shape index (κ2) is 6.14. The van der Waals surface area contributed by atoms with E-state index in [2.05, 4.69) is 10.3 Å². The van der Waals surface area contributed by atoms with Gasteiger partial charge in [-0.15, -0.1) is 11.3 Å². The number of aromatic nitrogens is 1. The maximum absolute atomic E-state index is 12.9. The van der Waals surface area contributed by atoms with Crippen LogP contribution in [0.3, 0.4) is 0 Å². The Morgan fingerprint density at radius 2 is 2.19 bits per heavy atom. The summed E-state index contributed by atoms with van der Waals surface area (Å²) in [5.41, 5.74) is -0.984. The average molecular weight is 311 g/mol. The molecule has 1 heterocycles. The van der Waals surface area contributed by atoms with Gasteiger partial charge in [-0.1, -0.05) is 6.92 Å². The van der Waals surface area contributed by atoms with E-state index in [1.54, 1.807) is 12.3 Å². The van der Waals surface area contributed by atoms with Gasteiger partial charge in [0.05, 0.1) is 23.2 Å². The van der Waals surface area contributed by atoms with Gasteiger partial charge in [0.2, 0.25) is 0 Å². The van der Waals surface area contributed by atoms with Gasteiger partial charge in [0.25, 0.3) is 0 Å². The van der Waals surface area contributed by atoms with E-state index in [4.69, 9.17) is 5.26 Å². The number of halogens is 3. The molecule has 0 amide bonds. The van der Waals surface area contributed by atoms with Crippen molar-refractivity contribution in [2.45, 2.75) is 25.6 Å². The van der Waals surface area contributed by atoms with Crippen LogP contribution in [0.2, 0.25) is 0 Å². The van der Waals surface area contributed by atoms with Crippen LogP contribution in [0.4, 0.5) is 18.9 Å². The highest BCUT2D eigenvalue weighted by Crippen LogP contribution is 2.34. The number of anilines is 1. The Morgan fingerprint density at radius 1 is 1.43 bits per heavy atom. The number of alkyl halides is 3. The number of thiazole rings is 1. The summed E-state index contributed by atoms with van der Waals surface area (Å²) in [6.07, 6.45) is -2.20. The lowest BCUT2D eigenvalue weighted by atomic mass is 10.1. The maximum atomic E-state index is 12.9. The molecule has 1 atom stereocenters. The molecular weight excluding hydrogens is 299 g/mol. The number of hydrogen-bond acceptors (Lipinski definition) is 4. The molecule has 21 heavy (non-hydrogen) atoms. The summed E-state index contributed by atoms with van der Waals surface area (Å²) in [5.74, 6) is 0. The number of benzene rings is 1. The van der Waals surface area contributed by atoms with Crippen LogP contribution in [0.1, 0.15) is 35.5 Å². The largest absolute Gasteiger partial charge is 0.417 e. The first-order valence-electron chi connectivity index (χ1n) is 6.23. The van der Waals surface area contributed by atoms with Gasteiger partial charge in [0, 0.05) is 17.3 Å². The van der Waals surface area contributed by atoms with E-state index < -0.39 is 11.7 Å². The van der Waals surface area contributed by atoms with Gasteiger partial charge in [0.1, 0.15) is 5.01 Å². The molecule has 1 unspecified atom stereocenters. The Morgan fingerprint density at radius 3 is 2.71 bits per heavy atom. The Labute approximate surface area is 124 Å². The fourth-order valence-corrected chi connectivity index (χ4v) is 2.68. The van der Waals surface area contributed by atoms with Crippen LogP contribution in [0.5, 0.6) is 0 Å². The quantitative estimate of drug-likeness (QED) is 0.898. The van der Waals surface area contributed by atoms with Crippen molar-refractivity contribution in [3.63, 3.8) is 0 Å². The van der Waals surface area contributed by atoms with Crippen molar-refractivity contribution in [1.82, 2.24) is 4.98 Å². The maximum Gasteiger partial charge on any atom is 0.417 e. The number of rotatable bonds is 4. The minimum atomic E-state index is -4.55. The zero-order valence-corrected chi connectivity index (χ0v) is 11.9. The second-order valence-electron chi connectivity index (χ2n) is 4.35. The van der Waals surface area contributed by atoms with Crippen molar-refractivity contribution in [2.24, 2.45) is 0 Å². The summed E-state index contributed by atoms with van der Waals surface area (Å²) < 4.78 is 38.8. The van der Waals surface area contributed by atoms with Gasteiger partial charge < -0.3 is 5.32 Å². The normalized spacial score (nSPS) is 12.7. The minimum absolute atomic E-state index is 0.154. The molecule has 110 valence electrons. The molecule has 0 fully saturated rings. The van der Waals surface area contributed by atoms with Crippen molar-refractivity contribution in [3.8, 4) is 6.07 Å². The van der Waals surface area contributed by atoms with Crippen molar-refractivity contribution >= 4 is 17.0 Å². The zero-order valence-electron chi connectivity index (χ0n) is 11.1. The van der Waals surface area contributed by atoms with Gasteiger partial charge >= 0.3 is 6.18 Å². The minimum Gasteiger partial charge on any atom is -0.376 e. The standard InChI is InChI=1S/C14H12F3N3S/c1-2-12(13-19-5-6-21-13)20-10-4-3-9(8-18)11(7-10)14(15,16)17/h3-7,12,20H,2H2,1H3. The SMILES string of the molecule is CCC(Nc1ccc(C#N)c(C(F)(F)F)c1)c1nccs1. The van der Waals surface area contributed by atoms with Gasteiger partial charge in [-0.2, -0.15) is 18.4 Å². The second-order valence-corrected chi connectivity index (χ2v) is 5.27. The monoisotopic (exact) mass is 311 g/mol. The lowest BCUT2D eigenvalue weighted by molar-refractivity contribution is -0.137. The lowest BCUT2D eigenvalue weighted by Crippen LogP contribution is -2.12. The van der Waals surface area contributed by atoms with E-state index in [9.17, 15) is 13.2 Å². The molecule has 0 bridgehead atoms. The summed E-state index contributed by atoms with van der Waals surface area (Å²) >= 11 is 1.44. The number of hydrogen-bond donors (Lipinski definition) is 1. The Kier molecular flexibility index (Phi) is 4.48. The van der Waals surface area contributed by atoms with Gasteiger partial charge in [-0.25, -0.2) is 4.98 Å². The van der Waals surface area contributed by atoms with E-state index in [1.807, 2.05) is 12.3 Å². The Bertz CT molecular complexity index is 644. The fraction of sp³-hybridized carbons (Fsp3) is 0.286. The highest BCUT2D eigenvalue weighted by molar-refractivity contribution is 7.09. The van der Waals surface area contributed by atoms with Crippen molar-refractivity contribution < 1.29 is 13.2 Å². The van der Waals surface area contributed by atoms with Crippen LogP contribution in [-0.4, -0.2) is 4.98 Å². The summed E-state index contributed by atoms with van der Waals surface area (Å²) in [6.45, 7) is 1.92. The number of nitriles is 1. The first-order chi connectivity index (χ1) is 9.95.